The molecule has 24 heavy (non-hydrogen) atoms. The lowest BCUT2D eigenvalue weighted by atomic mass is 10.2. The van der Waals surface area contributed by atoms with Crippen LogP contribution in [0.5, 0.6) is 0 Å². The quantitative estimate of drug-likeness (QED) is 0.502. The largest absolute Gasteiger partial charge is 0.278 e. The van der Waals surface area contributed by atoms with Crippen molar-refractivity contribution in [3.05, 3.63) is 74.1 Å². The number of halogens is 1. The van der Waals surface area contributed by atoms with E-state index in [-0.39, 0.29) is 16.8 Å². The summed E-state index contributed by atoms with van der Waals surface area (Å²) in [5, 5.41) is 19.5. The number of amides is 1. The van der Waals surface area contributed by atoms with Gasteiger partial charge in [0.05, 0.1) is 15.5 Å². The van der Waals surface area contributed by atoms with E-state index in [1.165, 1.54) is 17.0 Å². The second-order valence-electron chi connectivity index (χ2n) is 4.88. The third kappa shape index (κ3) is 3.17. The number of nitro groups is 1. The van der Waals surface area contributed by atoms with Crippen molar-refractivity contribution in [3.63, 3.8) is 0 Å². The van der Waals surface area contributed by atoms with Crippen molar-refractivity contribution < 1.29 is 9.72 Å². The summed E-state index contributed by atoms with van der Waals surface area (Å²) in [7, 11) is 0. The lowest BCUT2D eigenvalue weighted by Gasteiger charge is -2.14. The summed E-state index contributed by atoms with van der Waals surface area (Å²) in [6.07, 6.45) is 1.55. The van der Waals surface area contributed by atoms with Crippen LogP contribution in [0.4, 0.5) is 11.4 Å². The van der Waals surface area contributed by atoms with Crippen molar-refractivity contribution in [1.82, 2.24) is 0 Å². The van der Waals surface area contributed by atoms with E-state index in [1.807, 2.05) is 0 Å². The Hall–Kier alpha value is -2.64. The number of carbonyl (C=O) groups is 1. The molecule has 1 fully saturated rings. The van der Waals surface area contributed by atoms with Crippen LogP contribution in [-0.2, 0) is 4.79 Å². The molecule has 0 unspecified atom stereocenters. The Morgan fingerprint density at radius 3 is 2.58 bits per heavy atom. The fraction of sp³-hybridized carbons (Fsp3) is 0. The predicted molar refractivity (Wildman–Crippen MR) is 95.3 cm³/mol. The Bertz CT molecular complexity index is 880. The maximum Gasteiger partial charge on any atom is 0.271 e. The minimum absolute atomic E-state index is 0.0515. The number of hydrogen-bond donors (Lipinski definition) is 1. The number of nitro benzene ring substituents is 1. The van der Waals surface area contributed by atoms with Crippen LogP contribution >= 0.6 is 23.4 Å². The highest BCUT2D eigenvalue weighted by Gasteiger charge is 2.33. The van der Waals surface area contributed by atoms with Crippen LogP contribution in [-0.4, -0.2) is 16.0 Å². The van der Waals surface area contributed by atoms with Gasteiger partial charge in [-0.3, -0.25) is 25.2 Å². The van der Waals surface area contributed by atoms with E-state index in [0.29, 0.717) is 21.2 Å². The summed E-state index contributed by atoms with van der Waals surface area (Å²) in [6.45, 7) is 0. The second-order valence-corrected chi connectivity index (χ2v) is 6.35. The first-order valence-electron chi connectivity index (χ1n) is 6.78. The lowest BCUT2D eigenvalue weighted by molar-refractivity contribution is -0.384. The topological polar surface area (TPSA) is 87.3 Å². The van der Waals surface area contributed by atoms with Crippen LogP contribution in [0.3, 0.4) is 0 Å². The summed E-state index contributed by atoms with van der Waals surface area (Å²) in [5.74, 6) is -0.348. The Morgan fingerprint density at radius 2 is 1.92 bits per heavy atom. The van der Waals surface area contributed by atoms with E-state index < -0.39 is 4.92 Å². The molecule has 0 atom stereocenters. The SMILES string of the molecule is N=C1S/C(=C\c2cccc([N+](=O)[O-])c2)C(=O)N1c1ccc(Cl)cc1. The average molecular weight is 360 g/mol. The highest BCUT2D eigenvalue weighted by Crippen LogP contribution is 2.35. The van der Waals surface area contributed by atoms with Crippen LogP contribution in [0.15, 0.2) is 53.4 Å². The first-order valence-corrected chi connectivity index (χ1v) is 7.98. The van der Waals surface area contributed by atoms with Crippen molar-refractivity contribution in [3.8, 4) is 0 Å². The minimum atomic E-state index is -0.492. The number of hydrogen-bond acceptors (Lipinski definition) is 5. The highest BCUT2D eigenvalue weighted by molar-refractivity contribution is 8.19. The molecule has 120 valence electrons. The molecule has 3 rings (SSSR count). The molecule has 2 aromatic rings. The second kappa shape index (κ2) is 6.46. The zero-order valence-corrected chi connectivity index (χ0v) is 13.7. The monoisotopic (exact) mass is 359 g/mol. The maximum absolute atomic E-state index is 12.6. The highest BCUT2D eigenvalue weighted by atomic mass is 35.5. The van der Waals surface area contributed by atoms with Gasteiger partial charge in [0.25, 0.3) is 11.6 Å². The van der Waals surface area contributed by atoms with E-state index in [0.717, 1.165) is 11.8 Å². The molecule has 1 aliphatic rings. The molecule has 0 aliphatic carbocycles. The summed E-state index contributed by atoms with van der Waals surface area (Å²) in [4.78, 5) is 24.5. The lowest BCUT2D eigenvalue weighted by Crippen LogP contribution is -2.27. The van der Waals surface area contributed by atoms with Gasteiger partial charge in [0.1, 0.15) is 0 Å². The van der Waals surface area contributed by atoms with E-state index in [9.17, 15) is 14.9 Å². The number of non-ortho nitro benzene ring substituents is 1. The first-order chi connectivity index (χ1) is 11.5. The minimum Gasteiger partial charge on any atom is -0.278 e. The van der Waals surface area contributed by atoms with Gasteiger partial charge in [0.15, 0.2) is 5.17 Å². The number of thioether (sulfide) groups is 1. The number of rotatable bonds is 3. The van der Waals surface area contributed by atoms with Crippen LogP contribution in [0.25, 0.3) is 6.08 Å². The third-order valence-corrected chi connectivity index (χ3v) is 4.43. The van der Waals surface area contributed by atoms with Gasteiger partial charge in [0.2, 0.25) is 0 Å². The molecule has 1 saturated heterocycles. The Kier molecular flexibility index (Phi) is 4.37. The van der Waals surface area contributed by atoms with Crippen LogP contribution < -0.4 is 4.90 Å². The predicted octanol–water partition coefficient (Wildman–Crippen LogP) is 4.30. The molecule has 2 aromatic carbocycles. The van der Waals surface area contributed by atoms with Gasteiger partial charge in [-0.05, 0) is 47.7 Å². The summed E-state index contributed by atoms with van der Waals surface area (Å²) in [5.41, 5.74) is 1.03. The molecular formula is C16H10ClN3O3S. The average Bonchev–Trinajstić information content (AvgIpc) is 2.83. The number of amidine groups is 1. The Balaban J connectivity index is 1.92. The molecule has 0 radical (unpaired) electrons. The van der Waals surface area contributed by atoms with E-state index >= 15 is 0 Å². The van der Waals surface area contributed by atoms with Crippen LogP contribution in [0.2, 0.25) is 5.02 Å². The standard InChI is InChI=1S/C16H10ClN3O3S/c17-11-4-6-12(7-5-11)19-15(21)14(24-16(19)18)9-10-2-1-3-13(8-10)20(22)23/h1-9,18H/b14-9-,18-16?. The molecule has 0 aromatic heterocycles. The smallest absolute Gasteiger partial charge is 0.271 e. The zero-order valence-electron chi connectivity index (χ0n) is 12.1. The molecule has 0 saturated carbocycles. The molecule has 6 nitrogen and oxygen atoms in total. The normalized spacial score (nSPS) is 16.0. The van der Waals surface area contributed by atoms with Gasteiger partial charge in [-0.2, -0.15) is 0 Å². The molecule has 1 N–H and O–H groups in total. The first kappa shape index (κ1) is 16.2. The summed E-state index contributed by atoms with van der Waals surface area (Å²) in [6, 6.07) is 12.6. The third-order valence-electron chi connectivity index (χ3n) is 3.29. The van der Waals surface area contributed by atoms with E-state index in [4.69, 9.17) is 17.0 Å². The molecule has 0 bridgehead atoms. The molecule has 1 heterocycles. The molecule has 8 heteroatoms. The summed E-state index contributed by atoms with van der Waals surface area (Å²) >= 11 is 6.85. The molecular weight excluding hydrogens is 350 g/mol. The number of nitrogens with one attached hydrogen (secondary N) is 1. The maximum atomic E-state index is 12.6. The molecule has 0 spiro atoms. The number of anilines is 1. The van der Waals surface area contributed by atoms with E-state index in [2.05, 4.69) is 0 Å². The Labute approximate surface area is 146 Å². The zero-order chi connectivity index (χ0) is 17.3. The number of carbonyl (C=O) groups excluding carboxylic acids is 1. The van der Waals surface area contributed by atoms with E-state index in [1.54, 1.807) is 42.5 Å². The van der Waals surface area contributed by atoms with Crippen molar-refractivity contribution in [2.45, 2.75) is 0 Å². The number of benzene rings is 2. The number of nitrogens with zero attached hydrogens (tertiary/aromatic N) is 2. The van der Waals surface area contributed by atoms with Gasteiger partial charge in [0, 0.05) is 17.2 Å². The van der Waals surface area contributed by atoms with Crippen molar-refractivity contribution in [1.29, 1.82) is 5.41 Å². The van der Waals surface area contributed by atoms with Crippen LogP contribution in [0, 0.1) is 15.5 Å². The van der Waals surface area contributed by atoms with Crippen molar-refractivity contribution >= 4 is 51.9 Å². The fourth-order valence-corrected chi connectivity index (χ4v) is 3.18. The van der Waals surface area contributed by atoms with Gasteiger partial charge in [-0.1, -0.05) is 23.7 Å². The molecule has 1 aliphatic heterocycles. The molecule has 1 amide bonds. The van der Waals surface area contributed by atoms with Gasteiger partial charge in [-0.15, -0.1) is 0 Å². The van der Waals surface area contributed by atoms with Crippen molar-refractivity contribution in [2.75, 3.05) is 4.90 Å². The summed E-state index contributed by atoms with van der Waals surface area (Å²) < 4.78 is 0. The van der Waals surface area contributed by atoms with Gasteiger partial charge < -0.3 is 0 Å². The Morgan fingerprint density at radius 1 is 1.21 bits per heavy atom. The van der Waals surface area contributed by atoms with Gasteiger partial charge >= 0.3 is 0 Å². The fourth-order valence-electron chi connectivity index (χ4n) is 2.19. The van der Waals surface area contributed by atoms with Gasteiger partial charge in [-0.25, -0.2) is 0 Å². The van der Waals surface area contributed by atoms with Crippen molar-refractivity contribution in [2.24, 2.45) is 0 Å². The van der Waals surface area contributed by atoms with Crippen LogP contribution in [0.1, 0.15) is 5.56 Å².